The number of hydrogen-bond acceptors (Lipinski definition) is 3. The summed E-state index contributed by atoms with van der Waals surface area (Å²) in [5.41, 5.74) is 0. The van der Waals surface area contributed by atoms with Crippen LogP contribution < -0.4 is 5.32 Å². The smallest absolute Gasteiger partial charge is 0.141 e. The maximum atomic E-state index is 12.7. The van der Waals surface area contributed by atoms with E-state index in [1.807, 2.05) is 0 Å². The summed E-state index contributed by atoms with van der Waals surface area (Å²) in [6.07, 6.45) is 3.39. The van der Waals surface area contributed by atoms with E-state index in [0.717, 1.165) is 31.9 Å². The summed E-state index contributed by atoms with van der Waals surface area (Å²) in [5.74, 6) is 1.05. The van der Waals surface area contributed by atoms with Gasteiger partial charge in [0, 0.05) is 19.3 Å². The molecule has 0 bridgehead atoms. The Hall–Kier alpha value is -1.16. The molecular weight excluding hydrogens is 207 g/mol. The monoisotopic (exact) mass is 224 g/mol. The van der Waals surface area contributed by atoms with Crippen LogP contribution in [0.1, 0.15) is 19.8 Å². The van der Waals surface area contributed by atoms with Crippen LogP contribution in [0.5, 0.6) is 0 Å². The van der Waals surface area contributed by atoms with Crippen LogP contribution in [0.4, 0.5) is 10.2 Å². The minimum Gasteiger partial charge on any atom is -0.381 e. The highest BCUT2D eigenvalue weighted by molar-refractivity contribution is 5.34. The molecule has 1 fully saturated rings. The Morgan fingerprint density at radius 2 is 2.19 bits per heavy atom. The normalized spacial score (nSPS) is 19.4. The number of rotatable bonds is 3. The number of anilines is 1. The minimum absolute atomic E-state index is 0.302. The zero-order chi connectivity index (χ0) is 11.4. The van der Waals surface area contributed by atoms with Crippen molar-refractivity contribution in [1.82, 2.24) is 4.98 Å². The molecule has 0 aromatic carbocycles. The third-order valence-electron chi connectivity index (χ3n) is 3.08. The van der Waals surface area contributed by atoms with E-state index in [-0.39, 0.29) is 5.82 Å². The van der Waals surface area contributed by atoms with Crippen molar-refractivity contribution < 1.29 is 9.13 Å². The van der Waals surface area contributed by atoms with Gasteiger partial charge in [-0.25, -0.2) is 9.37 Å². The quantitative estimate of drug-likeness (QED) is 0.856. The Morgan fingerprint density at radius 1 is 1.44 bits per heavy atom. The van der Waals surface area contributed by atoms with Crippen LogP contribution in [0.25, 0.3) is 0 Å². The number of ether oxygens (including phenoxy) is 1. The van der Waals surface area contributed by atoms with Crippen molar-refractivity contribution in [3.63, 3.8) is 0 Å². The fourth-order valence-electron chi connectivity index (χ4n) is 2.03. The second-order valence-corrected chi connectivity index (χ2v) is 4.24. The van der Waals surface area contributed by atoms with Gasteiger partial charge in [-0.2, -0.15) is 0 Å². The zero-order valence-electron chi connectivity index (χ0n) is 9.45. The minimum atomic E-state index is -0.302. The Morgan fingerprint density at radius 3 is 2.81 bits per heavy atom. The number of nitrogens with one attached hydrogen (secondary N) is 1. The van der Waals surface area contributed by atoms with Gasteiger partial charge in [0.15, 0.2) is 0 Å². The molecule has 1 unspecified atom stereocenters. The first-order valence-electron chi connectivity index (χ1n) is 5.71. The molecule has 16 heavy (non-hydrogen) atoms. The third kappa shape index (κ3) is 2.92. The lowest BCUT2D eigenvalue weighted by Gasteiger charge is -2.28. The molecule has 0 radical (unpaired) electrons. The number of hydrogen-bond donors (Lipinski definition) is 1. The van der Waals surface area contributed by atoms with E-state index in [9.17, 15) is 4.39 Å². The van der Waals surface area contributed by atoms with Crippen LogP contribution >= 0.6 is 0 Å². The second-order valence-electron chi connectivity index (χ2n) is 4.24. The molecule has 0 saturated carbocycles. The predicted molar refractivity (Wildman–Crippen MR) is 60.8 cm³/mol. The average molecular weight is 224 g/mol. The van der Waals surface area contributed by atoms with E-state index in [0.29, 0.717) is 12.0 Å². The predicted octanol–water partition coefficient (Wildman–Crippen LogP) is 2.45. The van der Waals surface area contributed by atoms with Crippen molar-refractivity contribution >= 4 is 5.82 Å². The van der Waals surface area contributed by atoms with Crippen molar-refractivity contribution in [3.8, 4) is 0 Å². The van der Waals surface area contributed by atoms with Crippen LogP contribution in [0.2, 0.25) is 0 Å². The van der Waals surface area contributed by atoms with Gasteiger partial charge in [-0.3, -0.25) is 0 Å². The lowest BCUT2D eigenvalue weighted by Crippen LogP contribution is -2.31. The van der Waals surface area contributed by atoms with E-state index in [1.54, 1.807) is 6.07 Å². The lowest BCUT2D eigenvalue weighted by molar-refractivity contribution is 0.0622. The highest BCUT2D eigenvalue weighted by atomic mass is 19.1. The van der Waals surface area contributed by atoms with Crippen LogP contribution in [0.15, 0.2) is 18.3 Å². The molecule has 2 rings (SSSR count). The summed E-state index contributed by atoms with van der Waals surface area (Å²) in [7, 11) is 0. The van der Waals surface area contributed by atoms with Gasteiger partial charge in [0.1, 0.15) is 11.6 Å². The van der Waals surface area contributed by atoms with Gasteiger partial charge in [-0.05, 0) is 37.8 Å². The second kappa shape index (κ2) is 5.25. The Labute approximate surface area is 95.0 Å². The molecule has 1 saturated heterocycles. The Bertz CT molecular complexity index is 322. The standard InChI is InChI=1S/C12H17FN2O/c1-9(10-4-6-16-7-5-10)15-12-3-2-11(13)8-14-12/h2-3,8-10H,4-7H2,1H3,(H,14,15). The molecular formula is C12H17FN2O. The Kier molecular flexibility index (Phi) is 3.72. The van der Waals surface area contributed by atoms with Gasteiger partial charge in [-0.15, -0.1) is 0 Å². The molecule has 1 aliphatic heterocycles. The summed E-state index contributed by atoms with van der Waals surface area (Å²) in [4.78, 5) is 4.00. The highest BCUT2D eigenvalue weighted by Crippen LogP contribution is 2.21. The maximum Gasteiger partial charge on any atom is 0.141 e. The third-order valence-corrected chi connectivity index (χ3v) is 3.08. The molecule has 0 aliphatic carbocycles. The largest absolute Gasteiger partial charge is 0.381 e. The SMILES string of the molecule is CC(Nc1ccc(F)cn1)C1CCOCC1. The highest BCUT2D eigenvalue weighted by Gasteiger charge is 2.20. The summed E-state index contributed by atoms with van der Waals surface area (Å²) in [5, 5.41) is 3.31. The van der Waals surface area contributed by atoms with Crippen LogP contribution in [-0.2, 0) is 4.74 Å². The molecule has 1 N–H and O–H groups in total. The number of pyridine rings is 1. The Balaban J connectivity index is 1.90. The molecule has 3 nitrogen and oxygen atoms in total. The zero-order valence-corrected chi connectivity index (χ0v) is 9.45. The fraction of sp³-hybridized carbons (Fsp3) is 0.583. The van der Waals surface area contributed by atoms with Crippen molar-refractivity contribution in [2.45, 2.75) is 25.8 Å². The van der Waals surface area contributed by atoms with E-state index < -0.39 is 0 Å². The number of nitrogens with zero attached hydrogens (tertiary/aromatic N) is 1. The van der Waals surface area contributed by atoms with Gasteiger partial charge < -0.3 is 10.1 Å². The molecule has 4 heteroatoms. The fourth-order valence-corrected chi connectivity index (χ4v) is 2.03. The van der Waals surface area contributed by atoms with Gasteiger partial charge in [0.25, 0.3) is 0 Å². The van der Waals surface area contributed by atoms with Gasteiger partial charge in [-0.1, -0.05) is 0 Å². The van der Waals surface area contributed by atoms with Gasteiger partial charge in [0.05, 0.1) is 6.20 Å². The van der Waals surface area contributed by atoms with Crippen LogP contribution in [-0.4, -0.2) is 24.2 Å². The number of halogens is 1. The molecule has 1 atom stereocenters. The first kappa shape index (κ1) is 11.3. The summed E-state index contributed by atoms with van der Waals surface area (Å²) in [6.45, 7) is 3.82. The molecule has 0 spiro atoms. The van der Waals surface area contributed by atoms with Crippen LogP contribution in [0.3, 0.4) is 0 Å². The summed E-state index contributed by atoms with van der Waals surface area (Å²) < 4.78 is 18.0. The van der Waals surface area contributed by atoms with Gasteiger partial charge in [0.2, 0.25) is 0 Å². The lowest BCUT2D eigenvalue weighted by atomic mass is 9.93. The summed E-state index contributed by atoms with van der Waals surface area (Å²) in [6, 6.07) is 3.44. The molecule has 1 aromatic heterocycles. The average Bonchev–Trinajstić information content (AvgIpc) is 2.33. The van der Waals surface area contributed by atoms with E-state index in [1.165, 1.54) is 12.3 Å². The van der Waals surface area contributed by atoms with Crippen molar-refractivity contribution in [2.24, 2.45) is 5.92 Å². The topological polar surface area (TPSA) is 34.2 Å². The van der Waals surface area contributed by atoms with Gasteiger partial charge >= 0.3 is 0 Å². The molecule has 88 valence electrons. The summed E-state index contributed by atoms with van der Waals surface area (Å²) >= 11 is 0. The van der Waals surface area contributed by atoms with E-state index in [4.69, 9.17) is 4.74 Å². The van der Waals surface area contributed by atoms with E-state index >= 15 is 0 Å². The number of aromatic nitrogens is 1. The van der Waals surface area contributed by atoms with E-state index in [2.05, 4.69) is 17.2 Å². The van der Waals surface area contributed by atoms with Crippen molar-refractivity contribution in [3.05, 3.63) is 24.1 Å². The first-order chi connectivity index (χ1) is 7.75. The van der Waals surface area contributed by atoms with Crippen molar-refractivity contribution in [2.75, 3.05) is 18.5 Å². The molecule has 2 heterocycles. The van der Waals surface area contributed by atoms with Crippen LogP contribution in [0, 0.1) is 11.7 Å². The maximum absolute atomic E-state index is 12.7. The first-order valence-corrected chi connectivity index (χ1v) is 5.71. The van der Waals surface area contributed by atoms with Crippen molar-refractivity contribution in [1.29, 1.82) is 0 Å². The molecule has 1 aliphatic rings. The molecule has 0 amide bonds. The molecule has 1 aromatic rings.